The second-order valence-corrected chi connectivity index (χ2v) is 8.43. The molecule has 1 amide bonds. The molecule has 0 bridgehead atoms. The van der Waals surface area contributed by atoms with Crippen molar-refractivity contribution in [1.29, 1.82) is 0 Å². The maximum Gasteiger partial charge on any atom is 0.260 e. The number of aromatic nitrogens is 1. The van der Waals surface area contributed by atoms with Crippen LogP contribution in [0.15, 0.2) is 47.0 Å². The fourth-order valence-electron chi connectivity index (χ4n) is 3.75. The Morgan fingerprint density at radius 2 is 2.00 bits per heavy atom. The summed E-state index contributed by atoms with van der Waals surface area (Å²) in [5, 5.41) is 4.89. The van der Waals surface area contributed by atoms with Crippen LogP contribution in [0, 0.1) is 6.92 Å². The Balaban J connectivity index is 1.44. The molecule has 156 valence electrons. The van der Waals surface area contributed by atoms with Gasteiger partial charge in [0.1, 0.15) is 11.4 Å². The number of ether oxygens (including phenoxy) is 1. The van der Waals surface area contributed by atoms with Crippen LogP contribution < -0.4 is 4.74 Å². The standard InChI is InChI=1S/C24H25ClN2O3/c1-15(2)19-9-4-16(3)12-22(19)29-14-23(28)27-11-10-20-21(13-27)26-30-24(20)17-5-7-18(25)8-6-17/h4-9,12,15H,10-11,13-14H2,1-3H3. The molecule has 1 aliphatic heterocycles. The van der Waals surface area contributed by atoms with Crippen molar-refractivity contribution < 1.29 is 14.1 Å². The molecule has 0 saturated heterocycles. The van der Waals surface area contributed by atoms with Gasteiger partial charge in [-0.2, -0.15) is 0 Å². The van der Waals surface area contributed by atoms with Crippen LogP contribution in [0.1, 0.15) is 42.1 Å². The van der Waals surface area contributed by atoms with Crippen molar-refractivity contribution in [1.82, 2.24) is 10.1 Å². The number of carbonyl (C=O) groups is 1. The molecule has 6 heteroatoms. The largest absolute Gasteiger partial charge is 0.483 e. The summed E-state index contributed by atoms with van der Waals surface area (Å²) in [6.45, 7) is 7.32. The van der Waals surface area contributed by atoms with Gasteiger partial charge in [0.25, 0.3) is 5.91 Å². The number of nitrogens with zero attached hydrogens (tertiary/aromatic N) is 2. The molecule has 0 radical (unpaired) electrons. The van der Waals surface area contributed by atoms with E-state index in [4.69, 9.17) is 20.9 Å². The maximum atomic E-state index is 12.8. The molecule has 0 fully saturated rings. The van der Waals surface area contributed by atoms with Crippen molar-refractivity contribution in [3.05, 3.63) is 69.9 Å². The third-order valence-corrected chi connectivity index (χ3v) is 5.70. The SMILES string of the molecule is Cc1ccc(C(C)C)c(OCC(=O)N2CCc3c(noc3-c3ccc(Cl)cc3)C2)c1. The monoisotopic (exact) mass is 424 g/mol. The Morgan fingerprint density at radius 1 is 1.23 bits per heavy atom. The second kappa shape index (κ2) is 8.52. The molecule has 0 saturated carbocycles. The van der Waals surface area contributed by atoms with Crippen molar-refractivity contribution >= 4 is 17.5 Å². The molecule has 1 aromatic heterocycles. The molecular weight excluding hydrogens is 400 g/mol. The summed E-state index contributed by atoms with van der Waals surface area (Å²) >= 11 is 5.98. The fraction of sp³-hybridized carbons (Fsp3) is 0.333. The van der Waals surface area contributed by atoms with Gasteiger partial charge >= 0.3 is 0 Å². The van der Waals surface area contributed by atoms with Crippen LogP contribution in [-0.4, -0.2) is 29.1 Å². The molecule has 0 atom stereocenters. The molecule has 3 aromatic rings. The summed E-state index contributed by atoms with van der Waals surface area (Å²) in [6.07, 6.45) is 0.699. The number of carbonyl (C=O) groups excluding carboxylic acids is 1. The van der Waals surface area contributed by atoms with Crippen LogP contribution >= 0.6 is 11.6 Å². The number of aryl methyl sites for hydroxylation is 1. The molecule has 2 heterocycles. The van der Waals surface area contributed by atoms with Crippen LogP contribution in [0.5, 0.6) is 5.75 Å². The zero-order valence-electron chi connectivity index (χ0n) is 17.4. The summed E-state index contributed by atoms with van der Waals surface area (Å²) in [4.78, 5) is 14.6. The third kappa shape index (κ3) is 4.21. The number of amides is 1. The highest BCUT2D eigenvalue weighted by atomic mass is 35.5. The summed E-state index contributed by atoms with van der Waals surface area (Å²) in [5.41, 5.74) is 5.03. The van der Waals surface area contributed by atoms with Crippen molar-refractivity contribution in [2.75, 3.05) is 13.2 Å². The van der Waals surface area contributed by atoms with Gasteiger partial charge in [-0.15, -0.1) is 0 Å². The first kappa shape index (κ1) is 20.5. The zero-order chi connectivity index (χ0) is 21.3. The summed E-state index contributed by atoms with van der Waals surface area (Å²) in [5.74, 6) is 1.82. The first-order chi connectivity index (χ1) is 14.4. The molecule has 4 rings (SSSR count). The Kier molecular flexibility index (Phi) is 5.82. The lowest BCUT2D eigenvalue weighted by Crippen LogP contribution is -2.38. The van der Waals surface area contributed by atoms with Crippen LogP contribution in [0.4, 0.5) is 0 Å². The van der Waals surface area contributed by atoms with Gasteiger partial charge in [-0.1, -0.05) is 42.7 Å². The molecule has 0 N–H and O–H groups in total. The average molecular weight is 425 g/mol. The molecule has 1 aliphatic rings. The summed E-state index contributed by atoms with van der Waals surface area (Å²) in [6, 6.07) is 13.6. The van der Waals surface area contributed by atoms with E-state index >= 15 is 0 Å². The molecule has 30 heavy (non-hydrogen) atoms. The van der Waals surface area contributed by atoms with Gasteiger partial charge in [0.15, 0.2) is 12.4 Å². The summed E-state index contributed by atoms with van der Waals surface area (Å²) in [7, 11) is 0. The van der Waals surface area contributed by atoms with E-state index in [1.54, 1.807) is 4.90 Å². The van der Waals surface area contributed by atoms with E-state index in [2.05, 4.69) is 31.1 Å². The second-order valence-electron chi connectivity index (χ2n) is 7.99. The lowest BCUT2D eigenvalue weighted by molar-refractivity contribution is -0.134. The smallest absolute Gasteiger partial charge is 0.260 e. The molecule has 2 aromatic carbocycles. The maximum absolute atomic E-state index is 12.8. The van der Waals surface area contributed by atoms with E-state index < -0.39 is 0 Å². The van der Waals surface area contributed by atoms with Gasteiger partial charge in [0, 0.05) is 22.7 Å². The van der Waals surface area contributed by atoms with Gasteiger partial charge in [0.05, 0.1) is 6.54 Å². The van der Waals surface area contributed by atoms with Crippen LogP contribution in [0.2, 0.25) is 5.02 Å². The van der Waals surface area contributed by atoms with E-state index in [1.807, 2.05) is 37.3 Å². The number of rotatable bonds is 5. The van der Waals surface area contributed by atoms with E-state index in [9.17, 15) is 4.79 Å². The predicted octanol–water partition coefficient (Wildman–Crippen LogP) is 5.39. The zero-order valence-corrected chi connectivity index (χ0v) is 18.2. The molecule has 5 nitrogen and oxygen atoms in total. The average Bonchev–Trinajstić information content (AvgIpc) is 3.15. The van der Waals surface area contributed by atoms with Crippen molar-refractivity contribution in [3.8, 4) is 17.1 Å². The quantitative estimate of drug-likeness (QED) is 0.551. The Hall–Kier alpha value is -2.79. The highest BCUT2D eigenvalue weighted by molar-refractivity contribution is 6.30. The first-order valence-electron chi connectivity index (χ1n) is 10.2. The van der Waals surface area contributed by atoms with Crippen molar-refractivity contribution in [2.24, 2.45) is 0 Å². The van der Waals surface area contributed by atoms with E-state index in [-0.39, 0.29) is 12.5 Å². The number of benzene rings is 2. The van der Waals surface area contributed by atoms with Crippen molar-refractivity contribution in [3.63, 3.8) is 0 Å². The van der Waals surface area contributed by atoms with Crippen LogP contribution in [-0.2, 0) is 17.8 Å². The van der Waals surface area contributed by atoms with Gasteiger partial charge < -0.3 is 14.2 Å². The molecule has 0 spiro atoms. The van der Waals surface area contributed by atoms with E-state index in [0.717, 1.165) is 39.5 Å². The van der Waals surface area contributed by atoms with E-state index in [1.165, 1.54) is 0 Å². The van der Waals surface area contributed by atoms with Crippen molar-refractivity contribution in [2.45, 2.75) is 39.7 Å². The third-order valence-electron chi connectivity index (χ3n) is 5.44. The highest BCUT2D eigenvalue weighted by Gasteiger charge is 2.27. The summed E-state index contributed by atoms with van der Waals surface area (Å²) < 4.78 is 11.5. The fourth-order valence-corrected chi connectivity index (χ4v) is 3.87. The molecular formula is C24H25ClN2O3. The van der Waals surface area contributed by atoms with Crippen LogP contribution in [0.3, 0.4) is 0 Å². The minimum absolute atomic E-state index is 0.0143. The topological polar surface area (TPSA) is 55.6 Å². The highest BCUT2D eigenvalue weighted by Crippen LogP contribution is 2.31. The van der Waals surface area contributed by atoms with Gasteiger partial charge in [0.2, 0.25) is 0 Å². The van der Waals surface area contributed by atoms with Gasteiger partial charge in [-0.25, -0.2) is 0 Å². The number of hydrogen-bond acceptors (Lipinski definition) is 4. The lowest BCUT2D eigenvalue weighted by atomic mass is 10.0. The normalized spacial score (nSPS) is 13.4. The Bertz CT molecular complexity index is 1060. The van der Waals surface area contributed by atoms with Crippen LogP contribution in [0.25, 0.3) is 11.3 Å². The minimum atomic E-state index is -0.0482. The lowest BCUT2D eigenvalue weighted by Gasteiger charge is -2.26. The minimum Gasteiger partial charge on any atom is -0.483 e. The van der Waals surface area contributed by atoms with Gasteiger partial charge in [-0.3, -0.25) is 4.79 Å². The Morgan fingerprint density at radius 3 is 2.73 bits per heavy atom. The molecule has 0 aliphatic carbocycles. The first-order valence-corrected chi connectivity index (χ1v) is 10.5. The Labute approximate surface area is 181 Å². The predicted molar refractivity (Wildman–Crippen MR) is 117 cm³/mol. The number of halogens is 1. The van der Waals surface area contributed by atoms with E-state index in [0.29, 0.717) is 30.5 Å². The number of hydrogen-bond donors (Lipinski definition) is 0. The molecule has 0 unspecified atom stereocenters. The number of fused-ring (bicyclic) bond motifs is 1. The van der Waals surface area contributed by atoms with Gasteiger partial charge in [-0.05, 0) is 60.7 Å².